The first-order valence-corrected chi connectivity index (χ1v) is 12.3. The largest absolute Gasteiger partial charge is 0.396 e. The molecule has 0 aliphatic heterocycles. The first-order chi connectivity index (χ1) is 17.9. The number of nitrogens with two attached hydrogens (primary N) is 2. The molecule has 0 unspecified atom stereocenters. The molecule has 0 atom stereocenters. The zero-order valence-electron chi connectivity index (χ0n) is 20.6. The van der Waals surface area contributed by atoms with Crippen LogP contribution in [0.1, 0.15) is 20.8 Å². The van der Waals surface area contributed by atoms with Gasteiger partial charge < -0.3 is 22.1 Å². The molecule has 0 radical (unpaired) electrons. The topological polar surface area (TPSA) is 201 Å². The molecule has 3 rings (SSSR count). The number of hydrogen-bond donors (Lipinski definition) is 4. The summed E-state index contributed by atoms with van der Waals surface area (Å²) in [5.74, 6) is 0.861. The van der Waals surface area contributed by atoms with E-state index in [0.29, 0.717) is 23.2 Å². The Kier molecular flexibility index (Phi) is 17.3. The van der Waals surface area contributed by atoms with Crippen molar-refractivity contribution in [2.24, 2.45) is 5.73 Å². The first-order valence-electron chi connectivity index (χ1n) is 10.8. The van der Waals surface area contributed by atoms with Gasteiger partial charge >= 0.3 is 11.4 Å². The van der Waals surface area contributed by atoms with Gasteiger partial charge in [0.25, 0.3) is 0 Å². The molecular weight excluding hydrogens is 584 g/mol. The van der Waals surface area contributed by atoms with Crippen LogP contribution in [0.5, 0.6) is 0 Å². The van der Waals surface area contributed by atoms with Crippen molar-refractivity contribution in [2.45, 2.75) is 20.8 Å². The smallest absolute Gasteiger partial charge is 0.311 e. The highest BCUT2D eigenvalue weighted by molar-refractivity contribution is 6.33. The zero-order chi connectivity index (χ0) is 29.3. The molecule has 208 valence electrons. The van der Waals surface area contributed by atoms with E-state index in [9.17, 15) is 20.2 Å². The van der Waals surface area contributed by atoms with Gasteiger partial charge in [-0.3, -0.25) is 20.2 Å². The summed E-state index contributed by atoms with van der Waals surface area (Å²) in [6, 6.07) is 8.63. The molecular formula is C21H27Cl4N9O4. The Labute approximate surface area is 239 Å². The molecule has 0 aliphatic rings. The molecule has 6 N–H and O–H groups in total. The van der Waals surface area contributed by atoms with Crippen LogP contribution in [0.3, 0.4) is 0 Å². The van der Waals surface area contributed by atoms with Gasteiger partial charge in [-0.25, -0.2) is 15.0 Å². The first kappa shape index (κ1) is 34.8. The van der Waals surface area contributed by atoms with Crippen molar-refractivity contribution >= 4 is 75.1 Å². The minimum atomic E-state index is -0.619. The van der Waals surface area contributed by atoms with Crippen molar-refractivity contribution in [1.29, 1.82) is 0 Å². The van der Waals surface area contributed by atoms with E-state index in [0.717, 1.165) is 13.1 Å². The van der Waals surface area contributed by atoms with E-state index in [1.807, 2.05) is 20.8 Å². The maximum absolute atomic E-state index is 10.5. The molecule has 0 fully saturated rings. The highest BCUT2D eigenvalue weighted by atomic mass is 35.5. The summed E-state index contributed by atoms with van der Waals surface area (Å²) in [6.45, 7) is 7.81. The lowest BCUT2D eigenvalue weighted by Crippen LogP contribution is -2.03. The van der Waals surface area contributed by atoms with Crippen LogP contribution >= 0.6 is 46.4 Å². The molecule has 0 saturated heterocycles. The zero-order valence-corrected chi connectivity index (χ0v) is 23.6. The molecule has 0 aromatic carbocycles. The number of anilines is 3. The van der Waals surface area contributed by atoms with Gasteiger partial charge in [0, 0.05) is 25.2 Å². The Morgan fingerprint density at radius 2 is 1.13 bits per heavy atom. The third kappa shape index (κ3) is 13.4. The number of pyridine rings is 3. The number of nitrogen functional groups attached to an aromatic ring is 1. The van der Waals surface area contributed by atoms with Gasteiger partial charge in [-0.2, -0.15) is 0 Å². The van der Waals surface area contributed by atoms with Crippen molar-refractivity contribution < 1.29 is 9.85 Å². The number of halogens is 4. The summed E-state index contributed by atoms with van der Waals surface area (Å²) < 4.78 is 0. The Morgan fingerprint density at radius 1 is 0.737 bits per heavy atom. The molecule has 3 heterocycles. The van der Waals surface area contributed by atoms with Crippen molar-refractivity contribution in [2.75, 3.05) is 36.0 Å². The summed E-state index contributed by atoms with van der Waals surface area (Å²) in [7, 11) is 0. The van der Waals surface area contributed by atoms with Crippen LogP contribution in [0.15, 0.2) is 36.4 Å². The summed E-state index contributed by atoms with van der Waals surface area (Å²) >= 11 is 22.0. The lowest BCUT2D eigenvalue weighted by molar-refractivity contribution is -0.385. The molecule has 3 aromatic heterocycles. The van der Waals surface area contributed by atoms with Crippen LogP contribution in [-0.2, 0) is 0 Å². The van der Waals surface area contributed by atoms with Crippen molar-refractivity contribution in [3.05, 3.63) is 77.2 Å². The molecule has 0 saturated carbocycles. The second-order valence-electron chi connectivity index (χ2n) is 6.50. The molecule has 3 aromatic rings. The highest BCUT2D eigenvalue weighted by Gasteiger charge is 2.14. The molecule has 0 spiro atoms. The van der Waals surface area contributed by atoms with Crippen LogP contribution in [0, 0.1) is 20.2 Å². The normalized spacial score (nSPS) is 9.37. The molecule has 38 heavy (non-hydrogen) atoms. The van der Waals surface area contributed by atoms with E-state index < -0.39 is 9.85 Å². The standard InChI is InChI=1S/C7H8ClN3O2.C7H10ClN3.C5H2Cl2N2O2.C2H7N/c1-2-9-7-5(11(12)13)3-4-6(8)10-7;1-2-10-7-5(9)3-4-6(8)11-7;6-4-2-1-3(9(10)11)5(7)8-4;1-2-3/h3-4H,2H2,1H3,(H,9,10);3-4H,2,9H2,1H3,(H,10,11);1-2H;2-3H2,1H3. The van der Waals surface area contributed by atoms with E-state index in [-0.39, 0.29) is 32.7 Å². The second kappa shape index (κ2) is 18.9. The predicted molar refractivity (Wildman–Crippen MR) is 154 cm³/mol. The minimum Gasteiger partial charge on any atom is -0.396 e. The van der Waals surface area contributed by atoms with Crippen molar-refractivity contribution in [3.63, 3.8) is 0 Å². The quantitative estimate of drug-likeness (QED) is 0.143. The van der Waals surface area contributed by atoms with E-state index in [2.05, 4.69) is 25.6 Å². The summed E-state index contributed by atoms with van der Waals surface area (Å²) in [6.07, 6.45) is 0. The molecule has 0 aliphatic carbocycles. The van der Waals surface area contributed by atoms with Crippen LogP contribution in [-0.4, -0.2) is 44.4 Å². The van der Waals surface area contributed by atoms with E-state index in [4.69, 9.17) is 57.9 Å². The van der Waals surface area contributed by atoms with Gasteiger partial charge in [0.2, 0.25) is 11.0 Å². The van der Waals surface area contributed by atoms with Gasteiger partial charge in [0.15, 0.2) is 5.82 Å². The van der Waals surface area contributed by atoms with E-state index >= 15 is 0 Å². The number of nitrogens with one attached hydrogen (secondary N) is 2. The van der Waals surface area contributed by atoms with Crippen LogP contribution in [0.25, 0.3) is 0 Å². The summed E-state index contributed by atoms with van der Waals surface area (Å²) in [5.41, 5.74) is 10.8. The maximum atomic E-state index is 10.5. The Bertz CT molecular complexity index is 1190. The third-order valence-corrected chi connectivity index (χ3v) is 4.52. The lowest BCUT2D eigenvalue weighted by Gasteiger charge is -2.04. The number of nitrogens with zero attached hydrogens (tertiary/aromatic N) is 5. The lowest BCUT2D eigenvalue weighted by atomic mass is 10.4. The van der Waals surface area contributed by atoms with Gasteiger partial charge in [0.1, 0.15) is 15.5 Å². The maximum Gasteiger partial charge on any atom is 0.311 e. The molecule has 0 bridgehead atoms. The second-order valence-corrected chi connectivity index (χ2v) is 8.02. The van der Waals surface area contributed by atoms with Gasteiger partial charge in [-0.15, -0.1) is 0 Å². The van der Waals surface area contributed by atoms with E-state index in [1.165, 1.54) is 24.3 Å². The Morgan fingerprint density at radius 3 is 1.58 bits per heavy atom. The fourth-order valence-corrected chi connectivity index (χ4v) is 2.88. The predicted octanol–water partition coefficient (Wildman–Crippen LogP) is 6.09. The van der Waals surface area contributed by atoms with E-state index in [1.54, 1.807) is 12.1 Å². The van der Waals surface area contributed by atoms with Crippen molar-refractivity contribution in [1.82, 2.24) is 15.0 Å². The number of rotatable bonds is 6. The molecule has 0 amide bonds. The average Bonchev–Trinajstić information content (AvgIpc) is 2.83. The summed E-state index contributed by atoms with van der Waals surface area (Å²) in [4.78, 5) is 30.8. The molecule has 13 nitrogen and oxygen atoms in total. The van der Waals surface area contributed by atoms with Crippen LogP contribution in [0.4, 0.5) is 28.7 Å². The van der Waals surface area contributed by atoms with Crippen LogP contribution in [0.2, 0.25) is 20.6 Å². The van der Waals surface area contributed by atoms with Crippen molar-refractivity contribution in [3.8, 4) is 0 Å². The van der Waals surface area contributed by atoms with Gasteiger partial charge in [0.05, 0.1) is 15.5 Å². The monoisotopic (exact) mass is 609 g/mol. The third-order valence-electron chi connectivity index (χ3n) is 3.61. The van der Waals surface area contributed by atoms with Crippen LogP contribution < -0.4 is 22.1 Å². The Balaban J connectivity index is 0.000000515. The number of aromatic nitrogens is 3. The fraction of sp³-hybridized carbons (Fsp3) is 0.286. The average molecular weight is 611 g/mol. The number of hydrogen-bond acceptors (Lipinski definition) is 11. The SMILES string of the molecule is CCN.CCNc1nc(Cl)ccc1N.CCNc1nc(Cl)ccc1[N+](=O)[O-].O=[N+]([O-])c1ccc(Cl)nc1Cl. The fourth-order valence-electron chi connectivity index (χ4n) is 2.17. The number of nitro groups is 2. The summed E-state index contributed by atoms with van der Waals surface area (Å²) in [5, 5.41) is 27.1. The molecule has 17 heteroatoms. The Hall–Kier alpha value is -3.23. The minimum absolute atomic E-state index is 0.0637. The highest BCUT2D eigenvalue weighted by Crippen LogP contribution is 2.24. The van der Waals surface area contributed by atoms with Gasteiger partial charge in [-0.1, -0.05) is 53.3 Å². The van der Waals surface area contributed by atoms with Gasteiger partial charge in [-0.05, 0) is 44.7 Å².